The molecule has 7 rings (SSSR count). The number of likely N-dealkylation sites (tertiary alicyclic amines) is 1. The van der Waals surface area contributed by atoms with E-state index in [0.717, 1.165) is 44.2 Å². The van der Waals surface area contributed by atoms with Crippen molar-refractivity contribution >= 4 is 43.2 Å². The average Bonchev–Trinajstić information content (AvgIpc) is 3.78. The average molecular weight is 687 g/mol. The highest BCUT2D eigenvalue weighted by Gasteiger charge is 2.11. The van der Waals surface area contributed by atoms with E-state index in [4.69, 9.17) is 0 Å². The monoisotopic (exact) mass is 685 g/mol. The summed E-state index contributed by atoms with van der Waals surface area (Å²) in [5.41, 5.74) is 8.96. The molecule has 6 aromatic rings. The molecule has 7 nitrogen and oxygen atoms in total. The van der Waals surface area contributed by atoms with Gasteiger partial charge in [-0.05, 0) is 92.9 Å². The smallest absolute Gasteiger partial charge is 0.169 e. The summed E-state index contributed by atoms with van der Waals surface area (Å²) in [6, 6.07) is 17.5. The Kier molecular flexibility index (Phi) is 9.07. The van der Waals surface area contributed by atoms with Gasteiger partial charge in [0.2, 0.25) is 0 Å². The number of hydrogen-bond donors (Lipinski definition) is 0. The number of aryl methyl sites for hydroxylation is 1. The minimum Gasteiger partial charge on any atom is -0.303 e. The van der Waals surface area contributed by atoms with Gasteiger partial charge in [0, 0.05) is 42.5 Å². The normalized spacial score (nSPS) is 13.5. The fraction of sp³-hybridized carbons (Fsp3) is 0.273. The molecule has 0 spiro atoms. The van der Waals surface area contributed by atoms with Crippen LogP contribution in [0.1, 0.15) is 37.3 Å². The number of benzene rings is 2. The highest BCUT2D eigenvalue weighted by molar-refractivity contribution is 9.11. The summed E-state index contributed by atoms with van der Waals surface area (Å²) in [6.07, 6.45) is 17.5. The van der Waals surface area contributed by atoms with Crippen LogP contribution < -0.4 is 0 Å². The first-order valence-corrected chi connectivity index (χ1v) is 16.0. The predicted octanol–water partition coefficient (Wildman–Crippen LogP) is 7.91. The molecule has 1 saturated heterocycles. The van der Waals surface area contributed by atoms with Gasteiger partial charge in [0.15, 0.2) is 11.3 Å². The third-order valence-electron chi connectivity index (χ3n) is 7.66. The standard InChI is InChI=1S/C18H19BrN4.C15H14BrN3/c19-17-12-21-23-13-16(11-20-18(17)23)15-5-3-14(4-6-15)7-10-22-8-1-2-9-22;1-2-3-11-4-6-12(7-5-11)13-8-17-15-14(16)9-18-19(15)10-13/h3-6,11-13H,1-2,7-10H2;4-10H,2-3H2,1H3. The molecule has 9 heteroatoms. The predicted molar refractivity (Wildman–Crippen MR) is 176 cm³/mol. The molecule has 5 heterocycles. The van der Waals surface area contributed by atoms with Gasteiger partial charge >= 0.3 is 0 Å². The summed E-state index contributed by atoms with van der Waals surface area (Å²) in [6.45, 7) is 5.90. The molecule has 0 radical (unpaired) electrons. The summed E-state index contributed by atoms with van der Waals surface area (Å²) in [7, 11) is 0. The van der Waals surface area contributed by atoms with Crippen molar-refractivity contribution in [1.82, 2.24) is 34.1 Å². The first kappa shape index (κ1) is 28.7. The molecule has 214 valence electrons. The number of fused-ring (bicyclic) bond motifs is 2. The molecule has 1 aliphatic rings. The fourth-order valence-corrected chi connectivity index (χ4v) is 6.05. The zero-order valence-electron chi connectivity index (χ0n) is 23.6. The highest BCUT2D eigenvalue weighted by Crippen LogP contribution is 2.24. The molecule has 0 atom stereocenters. The van der Waals surface area contributed by atoms with Crippen molar-refractivity contribution in [3.63, 3.8) is 0 Å². The van der Waals surface area contributed by atoms with Crippen LogP contribution in [0.3, 0.4) is 0 Å². The summed E-state index contributed by atoms with van der Waals surface area (Å²) >= 11 is 6.88. The maximum atomic E-state index is 4.48. The van der Waals surface area contributed by atoms with Crippen molar-refractivity contribution in [3.05, 3.63) is 106 Å². The minimum atomic E-state index is 0.839. The molecule has 2 aromatic carbocycles. The van der Waals surface area contributed by atoms with Crippen LogP contribution in [0.25, 0.3) is 33.5 Å². The molecular formula is C33H33Br2N7. The van der Waals surface area contributed by atoms with Crippen molar-refractivity contribution in [3.8, 4) is 22.3 Å². The topological polar surface area (TPSA) is 63.6 Å². The second-order valence-electron chi connectivity index (χ2n) is 10.6. The zero-order valence-corrected chi connectivity index (χ0v) is 26.8. The lowest BCUT2D eigenvalue weighted by atomic mass is 10.0. The van der Waals surface area contributed by atoms with Crippen LogP contribution in [-0.2, 0) is 12.8 Å². The lowest BCUT2D eigenvalue weighted by Crippen LogP contribution is -2.21. The van der Waals surface area contributed by atoms with Crippen LogP contribution in [0.5, 0.6) is 0 Å². The highest BCUT2D eigenvalue weighted by atomic mass is 79.9. The van der Waals surface area contributed by atoms with Crippen LogP contribution in [0, 0.1) is 0 Å². The van der Waals surface area contributed by atoms with Gasteiger partial charge in [-0.15, -0.1) is 0 Å². The Balaban J connectivity index is 0.000000153. The second-order valence-corrected chi connectivity index (χ2v) is 12.4. The van der Waals surface area contributed by atoms with E-state index in [-0.39, 0.29) is 0 Å². The number of halogens is 2. The molecule has 0 amide bonds. The van der Waals surface area contributed by atoms with Crippen LogP contribution in [-0.4, -0.2) is 53.7 Å². The summed E-state index contributed by atoms with van der Waals surface area (Å²) < 4.78 is 5.43. The first-order valence-electron chi connectivity index (χ1n) is 14.5. The summed E-state index contributed by atoms with van der Waals surface area (Å²) in [4.78, 5) is 11.5. The fourth-order valence-electron chi connectivity index (χ4n) is 5.30. The Bertz CT molecular complexity index is 1770. The molecule has 0 unspecified atom stereocenters. The molecule has 4 aromatic heterocycles. The van der Waals surface area contributed by atoms with Gasteiger partial charge in [-0.1, -0.05) is 61.9 Å². The quantitative estimate of drug-likeness (QED) is 0.171. The molecule has 0 aliphatic carbocycles. The van der Waals surface area contributed by atoms with Gasteiger partial charge in [-0.3, -0.25) is 0 Å². The van der Waals surface area contributed by atoms with E-state index in [9.17, 15) is 0 Å². The Morgan fingerprint density at radius 2 is 1.10 bits per heavy atom. The summed E-state index contributed by atoms with van der Waals surface area (Å²) in [5, 5.41) is 8.56. The molecule has 1 fully saturated rings. The van der Waals surface area contributed by atoms with Crippen molar-refractivity contribution < 1.29 is 0 Å². The largest absolute Gasteiger partial charge is 0.303 e. The second kappa shape index (κ2) is 13.3. The molecule has 42 heavy (non-hydrogen) atoms. The maximum absolute atomic E-state index is 4.48. The summed E-state index contributed by atoms with van der Waals surface area (Å²) in [5.74, 6) is 0. The lowest BCUT2D eigenvalue weighted by molar-refractivity contribution is 0.343. The van der Waals surface area contributed by atoms with E-state index < -0.39 is 0 Å². The Morgan fingerprint density at radius 3 is 1.57 bits per heavy atom. The maximum Gasteiger partial charge on any atom is 0.169 e. The number of aromatic nitrogens is 6. The van der Waals surface area contributed by atoms with Crippen molar-refractivity contribution in [2.24, 2.45) is 0 Å². The van der Waals surface area contributed by atoms with Gasteiger partial charge in [-0.25, -0.2) is 19.0 Å². The van der Waals surface area contributed by atoms with Crippen molar-refractivity contribution in [2.45, 2.75) is 39.0 Å². The van der Waals surface area contributed by atoms with Gasteiger partial charge in [-0.2, -0.15) is 10.2 Å². The van der Waals surface area contributed by atoms with Gasteiger partial charge in [0.25, 0.3) is 0 Å². The van der Waals surface area contributed by atoms with E-state index in [1.807, 2.05) is 24.8 Å². The Hall–Kier alpha value is -3.40. The molecule has 0 saturated carbocycles. The SMILES string of the molecule is Brc1cnn2cc(-c3ccc(CCN4CCCC4)cc3)cnc12.CCCc1ccc(-c2cnc3c(Br)cnn3c2)cc1. The van der Waals surface area contributed by atoms with E-state index >= 15 is 0 Å². The van der Waals surface area contributed by atoms with Crippen molar-refractivity contribution in [1.29, 1.82) is 0 Å². The Morgan fingerprint density at radius 1 is 0.619 bits per heavy atom. The van der Waals surface area contributed by atoms with Crippen LogP contribution >= 0.6 is 31.9 Å². The van der Waals surface area contributed by atoms with Crippen LogP contribution in [0.2, 0.25) is 0 Å². The van der Waals surface area contributed by atoms with Gasteiger partial charge in [0.05, 0.1) is 21.3 Å². The van der Waals surface area contributed by atoms with E-state index in [2.05, 4.69) is 112 Å². The first-order chi connectivity index (χ1) is 20.6. The van der Waals surface area contributed by atoms with E-state index in [1.165, 1.54) is 61.2 Å². The van der Waals surface area contributed by atoms with E-state index in [0.29, 0.717) is 0 Å². The molecule has 1 aliphatic heterocycles. The van der Waals surface area contributed by atoms with Crippen LogP contribution in [0.4, 0.5) is 0 Å². The molecule has 0 N–H and O–H groups in total. The number of nitrogens with zero attached hydrogens (tertiary/aromatic N) is 7. The van der Waals surface area contributed by atoms with Crippen molar-refractivity contribution in [2.75, 3.05) is 19.6 Å². The van der Waals surface area contributed by atoms with E-state index in [1.54, 1.807) is 21.4 Å². The third kappa shape index (κ3) is 6.64. The zero-order chi connectivity index (χ0) is 28.9. The van der Waals surface area contributed by atoms with Gasteiger partial charge < -0.3 is 4.90 Å². The minimum absolute atomic E-state index is 0.839. The van der Waals surface area contributed by atoms with Crippen LogP contribution in [0.15, 0.2) is 94.7 Å². The number of hydrogen-bond acceptors (Lipinski definition) is 5. The number of rotatable bonds is 7. The molecule has 0 bridgehead atoms. The third-order valence-corrected chi connectivity index (χ3v) is 8.77. The Labute approximate surface area is 262 Å². The van der Waals surface area contributed by atoms with Gasteiger partial charge in [0.1, 0.15) is 0 Å². The molecular weight excluding hydrogens is 654 g/mol. The lowest BCUT2D eigenvalue weighted by Gasteiger charge is -2.14.